The molecule has 0 bridgehead atoms. The zero-order valence-electron chi connectivity index (χ0n) is 14.9. The molecule has 3 rings (SSSR count). The third-order valence-corrected chi connectivity index (χ3v) is 4.68. The Balaban J connectivity index is 1.94. The molecular formula is C18H13F6N3O2S. The van der Waals surface area contributed by atoms with Gasteiger partial charge in [-0.3, -0.25) is 9.89 Å². The summed E-state index contributed by atoms with van der Waals surface area (Å²) in [6.07, 6.45) is -9.48. The highest BCUT2D eigenvalue weighted by Crippen LogP contribution is 2.32. The standard InChI is InChI=1S/C18H13F6N3O2S/c19-17(20,21)10-25-15-27(13-6-8-14(9-7-13)29-18(22,23)24)16(28)26(11-30-15)12-4-2-1-3-5-12/h1-9H,10-11H2/b25-15+. The number of amides is 2. The first-order chi connectivity index (χ1) is 14.0. The molecule has 2 aromatic rings. The number of benzene rings is 2. The topological polar surface area (TPSA) is 45.1 Å². The van der Waals surface area contributed by atoms with Crippen LogP contribution in [0.2, 0.25) is 0 Å². The number of halogens is 6. The molecule has 0 radical (unpaired) electrons. The molecule has 1 fully saturated rings. The zero-order chi connectivity index (χ0) is 21.9. The van der Waals surface area contributed by atoms with Crippen LogP contribution in [0.1, 0.15) is 0 Å². The molecule has 30 heavy (non-hydrogen) atoms. The second-order valence-corrected chi connectivity index (χ2v) is 6.82. The minimum atomic E-state index is -4.90. The summed E-state index contributed by atoms with van der Waals surface area (Å²) < 4.78 is 78.7. The highest BCUT2D eigenvalue weighted by Gasteiger charge is 2.36. The molecule has 1 aliphatic rings. The highest BCUT2D eigenvalue weighted by molar-refractivity contribution is 8.14. The maximum atomic E-state index is 13.0. The third-order valence-electron chi connectivity index (χ3n) is 3.73. The quantitative estimate of drug-likeness (QED) is 0.568. The fourth-order valence-corrected chi connectivity index (χ4v) is 3.50. The van der Waals surface area contributed by atoms with Gasteiger partial charge in [0.2, 0.25) is 0 Å². The Hall–Kier alpha value is -2.89. The third kappa shape index (κ3) is 5.59. The number of thioether (sulfide) groups is 1. The van der Waals surface area contributed by atoms with Crippen molar-refractivity contribution in [1.82, 2.24) is 0 Å². The van der Waals surface area contributed by atoms with Crippen LogP contribution in [0.3, 0.4) is 0 Å². The molecule has 0 spiro atoms. The predicted octanol–water partition coefficient (Wildman–Crippen LogP) is 5.64. The molecular weight excluding hydrogens is 436 g/mol. The number of ether oxygens (including phenoxy) is 1. The van der Waals surface area contributed by atoms with Crippen LogP contribution in [0, 0.1) is 0 Å². The average molecular weight is 449 g/mol. The van der Waals surface area contributed by atoms with Crippen LogP contribution >= 0.6 is 11.8 Å². The van der Waals surface area contributed by atoms with Crippen LogP contribution in [0.5, 0.6) is 5.75 Å². The van der Waals surface area contributed by atoms with Gasteiger partial charge in [-0.2, -0.15) is 13.2 Å². The van der Waals surface area contributed by atoms with Gasteiger partial charge in [-0.1, -0.05) is 30.0 Å². The van der Waals surface area contributed by atoms with Crippen LogP contribution in [-0.2, 0) is 0 Å². The van der Waals surface area contributed by atoms with Crippen LogP contribution in [0.4, 0.5) is 42.5 Å². The Bertz CT molecular complexity index is 916. The fraction of sp³-hybridized carbons (Fsp3) is 0.222. The summed E-state index contributed by atoms with van der Waals surface area (Å²) in [5, 5.41) is -0.214. The summed E-state index contributed by atoms with van der Waals surface area (Å²) in [5.74, 6) is -0.511. The normalized spacial score (nSPS) is 16.9. The first kappa shape index (κ1) is 21.8. The molecule has 0 aliphatic carbocycles. The number of para-hydroxylation sites is 1. The van der Waals surface area contributed by atoms with Crippen molar-refractivity contribution in [2.45, 2.75) is 12.5 Å². The van der Waals surface area contributed by atoms with Crippen molar-refractivity contribution in [3.05, 3.63) is 54.6 Å². The summed E-state index contributed by atoms with van der Waals surface area (Å²) in [4.78, 5) is 18.8. The van der Waals surface area contributed by atoms with Crippen molar-refractivity contribution < 1.29 is 35.9 Å². The van der Waals surface area contributed by atoms with E-state index in [-0.39, 0.29) is 16.7 Å². The first-order valence-electron chi connectivity index (χ1n) is 8.30. The van der Waals surface area contributed by atoms with Gasteiger partial charge >= 0.3 is 18.6 Å². The number of aliphatic imine (C=N–C) groups is 1. The van der Waals surface area contributed by atoms with Gasteiger partial charge in [-0.05, 0) is 36.4 Å². The van der Waals surface area contributed by atoms with Crippen molar-refractivity contribution >= 4 is 34.3 Å². The average Bonchev–Trinajstić information content (AvgIpc) is 2.66. The second kappa shape index (κ2) is 8.46. The van der Waals surface area contributed by atoms with Gasteiger partial charge in [0.05, 0.1) is 11.6 Å². The highest BCUT2D eigenvalue weighted by atomic mass is 32.2. The number of alkyl halides is 6. The van der Waals surface area contributed by atoms with E-state index < -0.39 is 30.9 Å². The number of urea groups is 1. The smallest absolute Gasteiger partial charge is 0.406 e. The molecule has 5 nitrogen and oxygen atoms in total. The van der Waals surface area contributed by atoms with Gasteiger partial charge in [0.15, 0.2) is 5.17 Å². The monoisotopic (exact) mass is 449 g/mol. The minimum Gasteiger partial charge on any atom is -0.406 e. The van der Waals surface area contributed by atoms with E-state index in [0.29, 0.717) is 5.69 Å². The lowest BCUT2D eigenvalue weighted by molar-refractivity contribution is -0.274. The number of carbonyl (C=O) groups is 1. The molecule has 2 aromatic carbocycles. The van der Waals surface area contributed by atoms with E-state index in [1.54, 1.807) is 30.3 Å². The Labute approximate surface area is 170 Å². The molecule has 2 amide bonds. The van der Waals surface area contributed by atoms with Gasteiger partial charge in [-0.25, -0.2) is 9.69 Å². The summed E-state index contributed by atoms with van der Waals surface area (Å²) in [5.41, 5.74) is 0.551. The lowest BCUT2D eigenvalue weighted by Gasteiger charge is -2.35. The summed E-state index contributed by atoms with van der Waals surface area (Å²) >= 11 is 0.898. The SMILES string of the molecule is O=C1N(c2ccccc2)CS/C(=N/CC(F)(F)F)N1c1ccc(OC(F)(F)F)cc1. The molecule has 0 unspecified atom stereocenters. The Kier molecular flexibility index (Phi) is 6.15. The number of hydrogen-bond donors (Lipinski definition) is 0. The van der Waals surface area contributed by atoms with E-state index in [9.17, 15) is 31.1 Å². The van der Waals surface area contributed by atoms with E-state index in [4.69, 9.17) is 0 Å². The number of amidine groups is 1. The van der Waals surface area contributed by atoms with Gasteiger partial charge in [-0.15, -0.1) is 13.2 Å². The van der Waals surface area contributed by atoms with Crippen molar-refractivity contribution in [3.8, 4) is 5.75 Å². The number of hydrogen-bond acceptors (Lipinski definition) is 4. The maximum Gasteiger partial charge on any atom is 0.573 e. The minimum absolute atomic E-state index is 0.0192. The number of carbonyl (C=O) groups excluding carboxylic acids is 1. The largest absolute Gasteiger partial charge is 0.573 e. The van der Waals surface area contributed by atoms with Crippen LogP contribution in [0.15, 0.2) is 59.6 Å². The van der Waals surface area contributed by atoms with Crippen molar-refractivity contribution in [3.63, 3.8) is 0 Å². The second-order valence-electron chi connectivity index (χ2n) is 5.91. The van der Waals surface area contributed by atoms with E-state index in [1.807, 2.05) is 0 Å². The lowest BCUT2D eigenvalue weighted by Crippen LogP contribution is -2.50. The molecule has 12 heteroatoms. The summed E-state index contributed by atoms with van der Waals surface area (Å²) in [6.45, 7) is -1.50. The van der Waals surface area contributed by atoms with Crippen LogP contribution < -0.4 is 14.5 Å². The van der Waals surface area contributed by atoms with Gasteiger partial charge < -0.3 is 4.74 Å². The molecule has 160 valence electrons. The Morgan fingerprint density at radius 1 is 0.933 bits per heavy atom. The van der Waals surface area contributed by atoms with Crippen molar-refractivity contribution in [2.24, 2.45) is 4.99 Å². The number of nitrogens with zero attached hydrogens (tertiary/aromatic N) is 3. The molecule has 1 heterocycles. The molecule has 1 saturated heterocycles. The lowest BCUT2D eigenvalue weighted by atomic mass is 10.2. The van der Waals surface area contributed by atoms with E-state index >= 15 is 0 Å². The van der Waals surface area contributed by atoms with Crippen molar-refractivity contribution in [2.75, 3.05) is 22.2 Å². The predicted molar refractivity (Wildman–Crippen MR) is 101 cm³/mol. The molecule has 0 atom stereocenters. The summed E-state index contributed by atoms with van der Waals surface area (Å²) in [7, 11) is 0. The van der Waals surface area contributed by atoms with E-state index in [2.05, 4.69) is 9.73 Å². The molecule has 0 saturated carbocycles. The van der Waals surface area contributed by atoms with Gasteiger partial charge in [0, 0.05) is 5.69 Å². The molecule has 1 aliphatic heterocycles. The fourth-order valence-electron chi connectivity index (χ4n) is 2.53. The summed E-state index contributed by atoms with van der Waals surface area (Å²) in [6, 6.07) is 11.9. The Morgan fingerprint density at radius 2 is 1.57 bits per heavy atom. The van der Waals surface area contributed by atoms with E-state index in [0.717, 1.165) is 40.9 Å². The van der Waals surface area contributed by atoms with Crippen LogP contribution in [0.25, 0.3) is 0 Å². The van der Waals surface area contributed by atoms with Crippen LogP contribution in [-0.4, -0.2) is 36.2 Å². The molecule has 0 aromatic heterocycles. The Morgan fingerprint density at radius 3 is 2.13 bits per heavy atom. The van der Waals surface area contributed by atoms with E-state index in [1.165, 1.54) is 4.90 Å². The molecule has 0 N–H and O–H groups in total. The van der Waals surface area contributed by atoms with Gasteiger partial charge in [0.25, 0.3) is 0 Å². The maximum absolute atomic E-state index is 13.0. The first-order valence-corrected chi connectivity index (χ1v) is 9.28. The number of anilines is 2. The van der Waals surface area contributed by atoms with Crippen molar-refractivity contribution in [1.29, 1.82) is 0 Å². The zero-order valence-corrected chi connectivity index (χ0v) is 15.8. The number of rotatable bonds is 4. The van der Waals surface area contributed by atoms with Gasteiger partial charge in [0.1, 0.15) is 12.3 Å².